The summed E-state index contributed by atoms with van der Waals surface area (Å²) in [5.41, 5.74) is 1.51. The van der Waals surface area contributed by atoms with E-state index in [1.807, 2.05) is 44.2 Å². The molecule has 0 bridgehead atoms. The van der Waals surface area contributed by atoms with Crippen LogP contribution < -0.4 is 14.8 Å². The number of nitrogens with zero attached hydrogens (tertiary/aromatic N) is 1. The number of rotatable bonds is 8. The van der Waals surface area contributed by atoms with Gasteiger partial charge in [-0.3, -0.25) is 4.79 Å². The van der Waals surface area contributed by atoms with Crippen LogP contribution in [0.3, 0.4) is 0 Å². The third-order valence-corrected chi connectivity index (χ3v) is 4.52. The Morgan fingerprint density at radius 1 is 1.08 bits per heavy atom. The number of benzene rings is 2. The second-order valence-electron chi connectivity index (χ2n) is 5.69. The highest BCUT2D eigenvalue weighted by molar-refractivity contribution is 6.32. The molecular weight excluding hydrogens is 352 g/mol. The molecule has 0 radical (unpaired) electrons. The van der Waals surface area contributed by atoms with Crippen molar-refractivity contribution in [1.29, 1.82) is 0 Å². The van der Waals surface area contributed by atoms with E-state index in [4.69, 9.17) is 21.1 Å². The molecule has 0 aromatic heterocycles. The second-order valence-corrected chi connectivity index (χ2v) is 6.09. The summed E-state index contributed by atoms with van der Waals surface area (Å²) in [6.07, 6.45) is 0. The van der Waals surface area contributed by atoms with E-state index in [0.717, 1.165) is 5.56 Å². The van der Waals surface area contributed by atoms with Crippen LogP contribution in [0.4, 0.5) is 5.69 Å². The maximum Gasteiger partial charge on any atom is 0.249 e. The summed E-state index contributed by atoms with van der Waals surface area (Å²) in [5, 5.41) is 3.74. The first kappa shape index (κ1) is 19.9. The van der Waals surface area contributed by atoms with Crippen LogP contribution in [-0.4, -0.2) is 38.1 Å². The van der Waals surface area contributed by atoms with Crippen LogP contribution in [-0.2, 0) is 4.79 Å². The Kier molecular flexibility index (Phi) is 7.16. The lowest BCUT2D eigenvalue weighted by Gasteiger charge is -2.27. The molecule has 0 heterocycles. The number of ether oxygens (including phenoxy) is 2. The minimum atomic E-state index is -0.547. The lowest BCUT2D eigenvalue weighted by molar-refractivity contribution is -0.131. The average molecular weight is 377 g/mol. The number of hydrogen-bond acceptors (Lipinski definition) is 4. The van der Waals surface area contributed by atoms with Gasteiger partial charge >= 0.3 is 0 Å². The highest BCUT2D eigenvalue weighted by Gasteiger charge is 2.26. The zero-order valence-corrected chi connectivity index (χ0v) is 16.3. The van der Waals surface area contributed by atoms with Gasteiger partial charge in [0.25, 0.3) is 0 Å². The van der Waals surface area contributed by atoms with Crippen molar-refractivity contribution in [2.24, 2.45) is 0 Å². The molecule has 2 aromatic rings. The Bertz CT molecular complexity index is 733. The van der Waals surface area contributed by atoms with Crippen LogP contribution in [0.15, 0.2) is 42.5 Å². The number of amides is 1. The van der Waals surface area contributed by atoms with Crippen molar-refractivity contribution < 1.29 is 14.3 Å². The van der Waals surface area contributed by atoms with E-state index in [2.05, 4.69) is 5.32 Å². The lowest BCUT2D eigenvalue weighted by atomic mass is 10.0. The van der Waals surface area contributed by atoms with Crippen molar-refractivity contribution in [2.75, 3.05) is 32.6 Å². The van der Waals surface area contributed by atoms with Crippen molar-refractivity contribution in [2.45, 2.75) is 19.9 Å². The van der Waals surface area contributed by atoms with Gasteiger partial charge in [-0.2, -0.15) is 0 Å². The molecule has 0 aliphatic carbocycles. The van der Waals surface area contributed by atoms with Gasteiger partial charge in [-0.15, -0.1) is 0 Å². The van der Waals surface area contributed by atoms with E-state index in [9.17, 15) is 4.79 Å². The first-order valence-corrected chi connectivity index (χ1v) is 8.95. The van der Waals surface area contributed by atoms with Gasteiger partial charge in [-0.25, -0.2) is 0 Å². The molecule has 0 aliphatic rings. The Morgan fingerprint density at radius 3 is 2.23 bits per heavy atom. The van der Waals surface area contributed by atoms with E-state index in [0.29, 0.717) is 35.3 Å². The quantitative estimate of drug-likeness (QED) is 0.742. The molecule has 1 atom stereocenters. The van der Waals surface area contributed by atoms with Crippen molar-refractivity contribution in [3.8, 4) is 11.5 Å². The first-order valence-electron chi connectivity index (χ1n) is 8.57. The van der Waals surface area contributed by atoms with Crippen LogP contribution >= 0.6 is 11.6 Å². The molecule has 0 fully saturated rings. The van der Waals surface area contributed by atoms with Gasteiger partial charge in [-0.05, 0) is 25.5 Å². The van der Waals surface area contributed by atoms with Gasteiger partial charge in [0.2, 0.25) is 5.91 Å². The van der Waals surface area contributed by atoms with E-state index in [-0.39, 0.29) is 5.91 Å². The Balaban J connectivity index is 2.45. The predicted octanol–water partition coefficient (Wildman–Crippen LogP) is 4.38. The van der Waals surface area contributed by atoms with E-state index in [1.165, 1.54) is 0 Å². The fourth-order valence-corrected chi connectivity index (χ4v) is 3.02. The third kappa shape index (κ3) is 4.41. The Morgan fingerprint density at radius 2 is 1.69 bits per heavy atom. The molecule has 0 aliphatic heterocycles. The van der Waals surface area contributed by atoms with Crippen LogP contribution in [0.2, 0.25) is 5.02 Å². The summed E-state index contributed by atoms with van der Waals surface area (Å²) in [6, 6.07) is 12.5. The molecule has 5 nitrogen and oxygen atoms in total. The van der Waals surface area contributed by atoms with Crippen LogP contribution in [0, 0.1) is 0 Å². The molecule has 1 amide bonds. The second kappa shape index (κ2) is 9.34. The van der Waals surface area contributed by atoms with Gasteiger partial charge in [0, 0.05) is 19.2 Å². The average Bonchev–Trinajstić information content (AvgIpc) is 2.67. The fourth-order valence-electron chi connectivity index (χ4n) is 2.78. The van der Waals surface area contributed by atoms with Gasteiger partial charge in [-0.1, -0.05) is 41.9 Å². The Hall–Kier alpha value is -2.40. The van der Waals surface area contributed by atoms with Gasteiger partial charge in [0.1, 0.15) is 17.5 Å². The maximum atomic E-state index is 13.1. The number of halogens is 1. The molecule has 2 aromatic carbocycles. The Labute approximate surface area is 159 Å². The molecule has 1 N–H and O–H groups in total. The third-order valence-electron chi connectivity index (χ3n) is 4.23. The SMILES string of the molecule is CCN(CC)C(=O)[C@@H](Nc1cc(Cl)c(OC)cc1OC)c1ccccc1. The van der Waals surface area contributed by atoms with Crippen LogP contribution in [0.25, 0.3) is 0 Å². The van der Waals surface area contributed by atoms with E-state index < -0.39 is 6.04 Å². The number of anilines is 1. The molecule has 0 saturated heterocycles. The lowest BCUT2D eigenvalue weighted by Crippen LogP contribution is -2.37. The van der Waals surface area contributed by atoms with Crippen molar-refractivity contribution in [3.63, 3.8) is 0 Å². The minimum absolute atomic E-state index is 0.00445. The fraction of sp³-hybridized carbons (Fsp3) is 0.350. The van der Waals surface area contributed by atoms with E-state index >= 15 is 0 Å². The monoisotopic (exact) mass is 376 g/mol. The molecule has 2 rings (SSSR count). The minimum Gasteiger partial charge on any atom is -0.495 e. The van der Waals surface area contributed by atoms with Gasteiger partial charge < -0.3 is 19.7 Å². The number of likely N-dealkylation sites (N-methyl/N-ethyl adjacent to an activating group) is 1. The summed E-state index contributed by atoms with van der Waals surface area (Å²) in [4.78, 5) is 14.9. The molecule has 0 saturated carbocycles. The topological polar surface area (TPSA) is 50.8 Å². The molecule has 140 valence electrons. The number of hydrogen-bond donors (Lipinski definition) is 1. The largest absolute Gasteiger partial charge is 0.495 e. The zero-order chi connectivity index (χ0) is 19.1. The van der Waals surface area contributed by atoms with Gasteiger partial charge in [0.15, 0.2) is 0 Å². The number of carbonyl (C=O) groups excluding carboxylic acids is 1. The highest BCUT2D eigenvalue weighted by Crippen LogP contribution is 2.37. The number of nitrogens with one attached hydrogen (secondary N) is 1. The predicted molar refractivity (Wildman–Crippen MR) is 105 cm³/mol. The van der Waals surface area contributed by atoms with Crippen molar-refractivity contribution in [3.05, 3.63) is 53.1 Å². The maximum absolute atomic E-state index is 13.1. The van der Waals surface area contributed by atoms with Gasteiger partial charge in [0.05, 0.1) is 24.9 Å². The summed E-state index contributed by atoms with van der Waals surface area (Å²) < 4.78 is 10.7. The summed E-state index contributed by atoms with van der Waals surface area (Å²) in [5.74, 6) is 1.06. The number of methoxy groups -OCH3 is 2. The molecular formula is C20H25ClN2O3. The normalized spacial score (nSPS) is 11.6. The molecule has 0 spiro atoms. The van der Waals surface area contributed by atoms with Crippen LogP contribution in [0.1, 0.15) is 25.5 Å². The van der Waals surface area contributed by atoms with E-state index in [1.54, 1.807) is 31.3 Å². The molecule has 26 heavy (non-hydrogen) atoms. The van der Waals surface area contributed by atoms with Crippen LogP contribution in [0.5, 0.6) is 11.5 Å². The zero-order valence-electron chi connectivity index (χ0n) is 15.6. The standard InChI is InChI=1S/C20H25ClN2O3/c1-5-23(6-2)20(24)19(14-10-8-7-9-11-14)22-16-12-15(21)17(25-3)13-18(16)26-4/h7-13,19,22H,5-6H2,1-4H3/t19-/m0/s1. The summed E-state index contributed by atoms with van der Waals surface area (Å²) >= 11 is 6.27. The first-order chi connectivity index (χ1) is 12.5. The smallest absolute Gasteiger partial charge is 0.249 e. The highest BCUT2D eigenvalue weighted by atomic mass is 35.5. The van der Waals surface area contributed by atoms with Crippen molar-refractivity contribution >= 4 is 23.2 Å². The molecule has 6 heteroatoms. The molecule has 0 unspecified atom stereocenters. The van der Waals surface area contributed by atoms with Crippen molar-refractivity contribution in [1.82, 2.24) is 4.90 Å². The number of carbonyl (C=O) groups is 1. The summed E-state index contributed by atoms with van der Waals surface area (Å²) in [7, 11) is 3.11. The summed E-state index contributed by atoms with van der Waals surface area (Å²) in [6.45, 7) is 5.21.